The summed E-state index contributed by atoms with van der Waals surface area (Å²) in [4.78, 5) is 1.65. The standard InChI is InChI=1S/C15H23N5/c1-12(2)15(3,11-16)17-9-13-10-18-20(19-13)14-7-5-4-6-8-14/h4-8,10,12,17H,9,11,16H2,1-3H3. The summed E-state index contributed by atoms with van der Waals surface area (Å²) in [6.07, 6.45) is 1.79. The zero-order valence-corrected chi connectivity index (χ0v) is 12.4. The Bertz CT molecular complexity index is 534. The monoisotopic (exact) mass is 273 g/mol. The number of nitrogens with two attached hydrogens (primary N) is 1. The van der Waals surface area contributed by atoms with E-state index in [9.17, 15) is 0 Å². The fraction of sp³-hybridized carbons (Fsp3) is 0.467. The molecular formula is C15H23N5. The van der Waals surface area contributed by atoms with Crippen molar-refractivity contribution in [1.29, 1.82) is 0 Å². The minimum atomic E-state index is -0.0868. The first-order valence-electron chi connectivity index (χ1n) is 6.97. The van der Waals surface area contributed by atoms with E-state index in [0.717, 1.165) is 11.4 Å². The van der Waals surface area contributed by atoms with Crippen molar-refractivity contribution >= 4 is 0 Å². The quantitative estimate of drug-likeness (QED) is 0.841. The maximum atomic E-state index is 5.86. The largest absolute Gasteiger partial charge is 0.329 e. The van der Waals surface area contributed by atoms with Crippen molar-refractivity contribution in [2.24, 2.45) is 11.7 Å². The molecule has 0 saturated carbocycles. The van der Waals surface area contributed by atoms with Gasteiger partial charge >= 0.3 is 0 Å². The number of hydrogen-bond acceptors (Lipinski definition) is 4. The van der Waals surface area contributed by atoms with Gasteiger partial charge in [0.15, 0.2) is 0 Å². The van der Waals surface area contributed by atoms with Gasteiger partial charge in [-0.2, -0.15) is 15.0 Å². The lowest BCUT2D eigenvalue weighted by Gasteiger charge is -2.33. The smallest absolute Gasteiger partial charge is 0.0969 e. The number of benzene rings is 1. The summed E-state index contributed by atoms with van der Waals surface area (Å²) in [7, 11) is 0. The first-order chi connectivity index (χ1) is 9.55. The van der Waals surface area contributed by atoms with Crippen LogP contribution in [0.15, 0.2) is 36.5 Å². The Hall–Kier alpha value is -1.72. The van der Waals surface area contributed by atoms with E-state index in [1.807, 2.05) is 30.3 Å². The van der Waals surface area contributed by atoms with E-state index in [1.54, 1.807) is 11.0 Å². The van der Waals surface area contributed by atoms with Gasteiger partial charge in [0.1, 0.15) is 0 Å². The number of aromatic nitrogens is 3. The molecule has 0 radical (unpaired) electrons. The Kier molecular flexibility index (Phi) is 4.52. The summed E-state index contributed by atoms with van der Waals surface area (Å²) in [5.41, 5.74) is 7.65. The van der Waals surface area contributed by atoms with Gasteiger partial charge in [-0.1, -0.05) is 32.0 Å². The van der Waals surface area contributed by atoms with Crippen LogP contribution in [0.2, 0.25) is 0 Å². The fourth-order valence-electron chi connectivity index (χ4n) is 1.87. The van der Waals surface area contributed by atoms with E-state index in [2.05, 4.69) is 36.3 Å². The van der Waals surface area contributed by atoms with E-state index < -0.39 is 0 Å². The van der Waals surface area contributed by atoms with Gasteiger partial charge in [-0.15, -0.1) is 0 Å². The third kappa shape index (κ3) is 3.23. The summed E-state index contributed by atoms with van der Waals surface area (Å²) in [5.74, 6) is 0.455. The van der Waals surface area contributed by atoms with Crippen LogP contribution in [-0.4, -0.2) is 27.1 Å². The van der Waals surface area contributed by atoms with E-state index in [-0.39, 0.29) is 5.54 Å². The van der Waals surface area contributed by atoms with Crippen LogP contribution in [0, 0.1) is 5.92 Å². The predicted molar refractivity (Wildman–Crippen MR) is 80.5 cm³/mol. The Morgan fingerprint density at radius 3 is 2.60 bits per heavy atom. The highest BCUT2D eigenvalue weighted by Gasteiger charge is 2.26. The molecule has 2 rings (SSSR count). The highest BCUT2D eigenvalue weighted by atomic mass is 15.5. The molecule has 3 N–H and O–H groups in total. The van der Waals surface area contributed by atoms with Crippen molar-refractivity contribution in [2.75, 3.05) is 6.54 Å². The molecule has 0 aliphatic rings. The third-order valence-electron chi connectivity index (χ3n) is 3.90. The summed E-state index contributed by atoms with van der Waals surface area (Å²) in [5, 5.41) is 12.3. The number of nitrogens with zero attached hydrogens (tertiary/aromatic N) is 3. The lowest BCUT2D eigenvalue weighted by molar-refractivity contribution is 0.266. The van der Waals surface area contributed by atoms with Crippen LogP contribution in [0.1, 0.15) is 26.5 Å². The molecule has 1 aromatic heterocycles. The van der Waals surface area contributed by atoms with Crippen LogP contribution in [0.5, 0.6) is 0 Å². The number of para-hydroxylation sites is 1. The van der Waals surface area contributed by atoms with Crippen LogP contribution in [0.25, 0.3) is 5.69 Å². The average Bonchev–Trinajstić information content (AvgIpc) is 2.94. The van der Waals surface area contributed by atoms with Gasteiger partial charge in [-0.05, 0) is 25.0 Å². The van der Waals surface area contributed by atoms with Gasteiger partial charge in [-0.3, -0.25) is 0 Å². The second-order valence-corrected chi connectivity index (χ2v) is 5.59. The van der Waals surface area contributed by atoms with Gasteiger partial charge in [0, 0.05) is 18.6 Å². The first kappa shape index (κ1) is 14.7. The second-order valence-electron chi connectivity index (χ2n) is 5.59. The molecule has 0 spiro atoms. The summed E-state index contributed by atoms with van der Waals surface area (Å²) in [6, 6.07) is 9.89. The predicted octanol–water partition coefficient (Wildman–Crippen LogP) is 1.73. The minimum absolute atomic E-state index is 0.0868. The van der Waals surface area contributed by atoms with E-state index in [0.29, 0.717) is 19.0 Å². The number of rotatable bonds is 6. The zero-order valence-electron chi connectivity index (χ0n) is 12.4. The molecule has 5 nitrogen and oxygen atoms in total. The lowest BCUT2D eigenvalue weighted by Crippen LogP contribution is -2.52. The van der Waals surface area contributed by atoms with E-state index in [1.165, 1.54) is 0 Å². The fourth-order valence-corrected chi connectivity index (χ4v) is 1.87. The SMILES string of the molecule is CC(C)C(C)(CN)NCc1cnn(-c2ccccc2)n1. The molecule has 1 unspecified atom stereocenters. The Morgan fingerprint density at radius 1 is 1.30 bits per heavy atom. The summed E-state index contributed by atoms with van der Waals surface area (Å²) in [6.45, 7) is 7.73. The van der Waals surface area contributed by atoms with Crippen molar-refractivity contribution in [1.82, 2.24) is 20.3 Å². The van der Waals surface area contributed by atoms with E-state index >= 15 is 0 Å². The number of hydrogen-bond donors (Lipinski definition) is 2. The Balaban J connectivity index is 2.04. The normalized spacial score (nSPS) is 14.4. The first-order valence-corrected chi connectivity index (χ1v) is 6.97. The van der Waals surface area contributed by atoms with Crippen LogP contribution >= 0.6 is 0 Å². The van der Waals surface area contributed by atoms with Gasteiger partial charge < -0.3 is 11.1 Å². The molecule has 0 amide bonds. The van der Waals surface area contributed by atoms with Crippen molar-refractivity contribution in [3.8, 4) is 5.69 Å². The highest BCUT2D eigenvalue weighted by Crippen LogP contribution is 2.15. The molecule has 0 fully saturated rings. The maximum Gasteiger partial charge on any atom is 0.0969 e. The average molecular weight is 273 g/mol. The van der Waals surface area contributed by atoms with Crippen LogP contribution in [0.3, 0.4) is 0 Å². The van der Waals surface area contributed by atoms with Crippen LogP contribution < -0.4 is 11.1 Å². The van der Waals surface area contributed by atoms with E-state index in [4.69, 9.17) is 5.73 Å². The highest BCUT2D eigenvalue weighted by molar-refractivity contribution is 5.28. The molecule has 0 aliphatic carbocycles. The minimum Gasteiger partial charge on any atom is -0.329 e. The molecule has 1 atom stereocenters. The molecule has 20 heavy (non-hydrogen) atoms. The maximum absolute atomic E-state index is 5.86. The van der Waals surface area contributed by atoms with Crippen molar-refractivity contribution in [2.45, 2.75) is 32.9 Å². The van der Waals surface area contributed by atoms with Crippen molar-refractivity contribution in [3.05, 3.63) is 42.2 Å². The van der Waals surface area contributed by atoms with Crippen LogP contribution in [0.4, 0.5) is 0 Å². The third-order valence-corrected chi connectivity index (χ3v) is 3.90. The molecule has 0 saturated heterocycles. The van der Waals surface area contributed by atoms with Crippen LogP contribution in [-0.2, 0) is 6.54 Å². The molecule has 1 aromatic carbocycles. The summed E-state index contributed by atoms with van der Waals surface area (Å²) < 4.78 is 0. The topological polar surface area (TPSA) is 68.8 Å². The summed E-state index contributed by atoms with van der Waals surface area (Å²) >= 11 is 0. The van der Waals surface area contributed by atoms with Crippen molar-refractivity contribution < 1.29 is 0 Å². The molecule has 0 bridgehead atoms. The van der Waals surface area contributed by atoms with Crippen molar-refractivity contribution in [3.63, 3.8) is 0 Å². The molecule has 1 heterocycles. The molecule has 108 valence electrons. The van der Waals surface area contributed by atoms with Gasteiger partial charge in [0.2, 0.25) is 0 Å². The lowest BCUT2D eigenvalue weighted by atomic mass is 9.88. The molecule has 5 heteroatoms. The molecular weight excluding hydrogens is 250 g/mol. The number of nitrogens with one attached hydrogen (secondary N) is 1. The van der Waals surface area contributed by atoms with Gasteiger partial charge in [0.25, 0.3) is 0 Å². The van der Waals surface area contributed by atoms with Gasteiger partial charge in [-0.25, -0.2) is 0 Å². The molecule has 2 aromatic rings. The second kappa shape index (κ2) is 6.15. The van der Waals surface area contributed by atoms with Gasteiger partial charge in [0.05, 0.1) is 17.6 Å². The Labute approximate surface area is 120 Å². The zero-order chi connectivity index (χ0) is 14.6. The Morgan fingerprint density at radius 2 is 2.00 bits per heavy atom. The molecule has 0 aliphatic heterocycles.